The van der Waals surface area contributed by atoms with E-state index >= 15 is 0 Å². The van der Waals surface area contributed by atoms with Gasteiger partial charge in [-0.1, -0.05) is 72.3 Å². The largest absolute Gasteiger partial charge is 0.492 e. The molecule has 2 amide bonds. The molecule has 0 fully saturated rings. The molecule has 1 heterocycles. The summed E-state index contributed by atoms with van der Waals surface area (Å²) in [7, 11) is 0. The molecule has 0 bridgehead atoms. The Morgan fingerprint density at radius 3 is 2.42 bits per heavy atom. The number of nitrogens with one attached hydrogen (secondary N) is 2. The molecule has 0 radical (unpaired) electrons. The molecule has 0 aliphatic carbocycles. The van der Waals surface area contributed by atoms with Crippen LogP contribution in [0.25, 0.3) is 0 Å². The minimum Gasteiger partial charge on any atom is -0.492 e. The molecule has 3 aromatic rings. The van der Waals surface area contributed by atoms with Gasteiger partial charge in [0.2, 0.25) is 5.91 Å². The average Bonchev–Trinajstić information content (AvgIpc) is 2.80. The first kappa shape index (κ1) is 20.9. The zero-order valence-electron chi connectivity index (χ0n) is 16.9. The monoisotopic (exact) mass is 434 g/mol. The molecule has 31 heavy (non-hydrogen) atoms. The Morgan fingerprint density at radius 2 is 1.68 bits per heavy atom. The predicted octanol–water partition coefficient (Wildman–Crippen LogP) is 4.32. The smallest absolute Gasteiger partial charge is 0.251 e. The Labute approximate surface area is 186 Å². The third-order valence-electron chi connectivity index (χ3n) is 5.28. The van der Waals surface area contributed by atoms with E-state index in [0.29, 0.717) is 35.8 Å². The van der Waals surface area contributed by atoms with Crippen molar-refractivity contribution < 1.29 is 14.3 Å². The lowest BCUT2D eigenvalue weighted by Gasteiger charge is -2.29. The Morgan fingerprint density at radius 1 is 0.968 bits per heavy atom. The van der Waals surface area contributed by atoms with E-state index in [9.17, 15) is 9.59 Å². The molecule has 0 saturated carbocycles. The number of amides is 2. The molecular formula is C25H23ClN2O3. The van der Waals surface area contributed by atoms with E-state index in [1.807, 2.05) is 48.5 Å². The molecule has 3 aromatic carbocycles. The van der Waals surface area contributed by atoms with Crippen molar-refractivity contribution in [3.05, 3.63) is 101 Å². The molecule has 1 aliphatic heterocycles. The highest BCUT2D eigenvalue weighted by molar-refractivity contribution is 6.32. The second-order valence-electron chi connectivity index (χ2n) is 7.44. The van der Waals surface area contributed by atoms with Crippen LogP contribution in [0, 0.1) is 0 Å². The molecule has 0 spiro atoms. The zero-order valence-corrected chi connectivity index (χ0v) is 17.6. The maximum absolute atomic E-state index is 13.3. The van der Waals surface area contributed by atoms with Gasteiger partial charge in [-0.05, 0) is 23.8 Å². The number of hydrogen-bond donors (Lipinski definition) is 2. The highest BCUT2D eigenvalue weighted by Gasteiger charge is 2.28. The number of fused-ring (bicyclic) bond motifs is 1. The Bertz CT molecular complexity index is 1060. The van der Waals surface area contributed by atoms with Gasteiger partial charge in [-0.2, -0.15) is 0 Å². The molecule has 5 nitrogen and oxygen atoms in total. The van der Waals surface area contributed by atoms with Crippen LogP contribution in [0.1, 0.15) is 33.9 Å². The number of para-hydroxylation sites is 1. The topological polar surface area (TPSA) is 67.4 Å². The van der Waals surface area contributed by atoms with Gasteiger partial charge in [-0.25, -0.2) is 0 Å². The molecule has 6 heteroatoms. The van der Waals surface area contributed by atoms with E-state index in [0.717, 1.165) is 11.1 Å². The van der Waals surface area contributed by atoms with Crippen LogP contribution >= 0.6 is 11.6 Å². The van der Waals surface area contributed by atoms with Gasteiger partial charge in [0.25, 0.3) is 5.91 Å². The van der Waals surface area contributed by atoms with Gasteiger partial charge in [0.15, 0.2) is 0 Å². The first-order chi connectivity index (χ1) is 15.1. The molecule has 4 rings (SSSR count). The first-order valence-electron chi connectivity index (χ1n) is 10.2. The van der Waals surface area contributed by atoms with Gasteiger partial charge in [0, 0.05) is 24.0 Å². The standard InChI is InChI=1S/C25H23ClN2O3/c26-20-13-7-12-19-21(14-15-31-23(19)20)27-25(30)22(16-17-8-3-1-4-9-17)28-24(29)18-10-5-2-6-11-18/h1-13,21-22H,14-16H2,(H,27,30)(H,28,29). The van der Waals surface area contributed by atoms with Crippen molar-refractivity contribution in [2.45, 2.75) is 24.9 Å². The maximum Gasteiger partial charge on any atom is 0.251 e. The maximum atomic E-state index is 13.3. The lowest BCUT2D eigenvalue weighted by Crippen LogP contribution is -2.49. The van der Waals surface area contributed by atoms with Crippen molar-refractivity contribution in [1.82, 2.24) is 10.6 Å². The van der Waals surface area contributed by atoms with E-state index in [1.54, 1.807) is 30.3 Å². The van der Waals surface area contributed by atoms with Gasteiger partial charge < -0.3 is 15.4 Å². The summed E-state index contributed by atoms with van der Waals surface area (Å²) in [5, 5.41) is 6.51. The van der Waals surface area contributed by atoms with E-state index in [-0.39, 0.29) is 17.9 Å². The first-order valence-corrected chi connectivity index (χ1v) is 10.6. The van der Waals surface area contributed by atoms with Crippen LogP contribution in [0.15, 0.2) is 78.9 Å². The second-order valence-corrected chi connectivity index (χ2v) is 7.85. The number of ether oxygens (including phenoxy) is 1. The number of carbonyl (C=O) groups is 2. The van der Waals surface area contributed by atoms with Gasteiger partial charge >= 0.3 is 0 Å². The van der Waals surface area contributed by atoms with Gasteiger partial charge in [-0.15, -0.1) is 0 Å². The summed E-state index contributed by atoms with van der Waals surface area (Å²) < 4.78 is 5.69. The van der Waals surface area contributed by atoms with Crippen LogP contribution < -0.4 is 15.4 Å². The molecule has 0 aromatic heterocycles. The third-order valence-corrected chi connectivity index (χ3v) is 5.58. The summed E-state index contributed by atoms with van der Waals surface area (Å²) in [6.07, 6.45) is 1.01. The summed E-state index contributed by atoms with van der Waals surface area (Å²) in [6, 6.07) is 23.1. The molecule has 0 saturated heterocycles. The quantitative estimate of drug-likeness (QED) is 0.607. The average molecular weight is 435 g/mol. The van der Waals surface area contributed by atoms with E-state index in [4.69, 9.17) is 16.3 Å². The summed E-state index contributed by atoms with van der Waals surface area (Å²) in [5.41, 5.74) is 2.32. The van der Waals surface area contributed by atoms with E-state index < -0.39 is 6.04 Å². The predicted molar refractivity (Wildman–Crippen MR) is 120 cm³/mol. The Hall–Kier alpha value is -3.31. The number of carbonyl (C=O) groups excluding carboxylic acids is 2. The van der Waals surface area contributed by atoms with Gasteiger partial charge in [0.1, 0.15) is 11.8 Å². The van der Waals surface area contributed by atoms with E-state index in [1.165, 1.54) is 0 Å². The highest BCUT2D eigenvalue weighted by Crippen LogP contribution is 2.37. The Balaban J connectivity index is 1.54. The zero-order chi connectivity index (χ0) is 21.6. The molecular weight excluding hydrogens is 412 g/mol. The molecule has 1 aliphatic rings. The summed E-state index contributed by atoms with van der Waals surface area (Å²) in [6.45, 7) is 0.460. The van der Waals surface area contributed by atoms with Crippen LogP contribution in [0.3, 0.4) is 0 Å². The van der Waals surface area contributed by atoms with Crippen molar-refractivity contribution in [2.24, 2.45) is 0 Å². The lowest BCUT2D eigenvalue weighted by molar-refractivity contribution is -0.123. The molecule has 2 N–H and O–H groups in total. The lowest BCUT2D eigenvalue weighted by atomic mass is 9.99. The van der Waals surface area contributed by atoms with Crippen molar-refractivity contribution in [3.8, 4) is 5.75 Å². The number of benzene rings is 3. The van der Waals surface area contributed by atoms with Crippen LogP contribution in [-0.4, -0.2) is 24.5 Å². The van der Waals surface area contributed by atoms with Crippen LogP contribution in [0.4, 0.5) is 0 Å². The second kappa shape index (κ2) is 9.67. The van der Waals surface area contributed by atoms with Gasteiger partial charge in [0.05, 0.1) is 17.7 Å². The van der Waals surface area contributed by atoms with Crippen molar-refractivity contribution in [2.75, 3.05) is 6.61 Å². The fraction of sp³-hybridized carbons (Fsp3) is 0.200. The van der Waals surface area contributed by atoms with E-state index in [2.05, 4.69) is 10.6 Å². The van der Waals surface area contributed by atoms with Crippen LogP contribution in [0.2, 0.25) is 5.02 Å². The molecule has 2 atom stereocenters. The summed E-state index contributed by atoms with van der Waals surface area (Å²) >= 11 is 6.26. The molecule has 158 valence electrons. The summed E-state index contributed by atoms with van der Waals surface area (Å²) in [5.74, 6) is 0.0757. The van der Waals surface area contributed by atoms with Crippen molar-refractivity contribution in [1.29, 1.82) is 0 Å². The van der Waals surface area contributed by atoms with Crippen molar-refractivity contribution >= 4 is 23.4 Å². The Kier molecular flexibility index (Phi) is 6.53. The minimum absolute atomic E-state index is 0.234. The minimum atomic E-state index is -0.722. The fourth-order valence-corrected chi connectivity index (χ4v) is 3.94. The number of rotatable bonds is 6. The normalized spacial score (nSPS) is 15.8. The van der Waals surface area contributed by atoms with Crippen LogP contribution in [-0.2, 0) is 11.2 Å². The fourth-order valence-electron chi connectivity index (χ4n) is 3.70. The number of hydrogen-bond acceptors (Lipinski definition) is 3. The van der Waals surface area contributed by atoms with Crippen LogP contribution in [0.5, 0.6) is 5.75 Å². The van der Waals surface area contributed by atoms with Crippen molar-refractivity contribution in [3.63, 3.8) is 0 Å². The summed E-state index contributed by atoms with van der Waals surface area (Å²) in [4.78, 5) is 26.0. The molecule has 2 unspecified atom stereocenters. The highest BCUT2D eigenvalue weighted by atomic mass is 35.5. The third kappa shape index (κ3) is 5.06. The van der Waals surface area contributed by atoms with Gasteiger partial charge in [-0.3, -0.25) is 9.59 Å². The SMILES string of the molecule is O=C(NC(Cc1ccccc1)C(=O)NC1CCOc2c(Cl)cccc21)c1ccccc1. The number of halogens is 1.